The van der Waals surface area contributed by atoms with Crippen LogP contribution in [-0.4, -0.2) is 41.7 Å². The van der Waals surface area contributed by atoms with Gasteiger partial charge >= 0.3 is 0 Å². The lowest BCUT2D eigenvalue weighted by molar-refractivity contribution is 0.0696. The van der Waals surface area contributed by atoms with Crippen LogP contribution in [0.25, 0.3) is 10.2 Å². The lowest BCUT2D eigenvalue weighted by atomic mass is 10.1. The van der Waals surface area contributed by atoms with Gasteiger partial charge in [0.25, 0.3) is 5.91 Å². The van der Waals surface area contributed by atoms with Gasteiger partial charge < -0.3 is 15.0 Å². The summed E-state index contributed by atoms with van der Waals surface area (Å²) in [5.74, 6) is -0.416. The number of hydrogen-bond acceptors (Lipinski definition) is 6. The number of para-hydroxylation sites is 1. The number of carbonyl (C=O) groups excluding carboxylic acids is 1. The van der Waals surface area contributed by atoms with Crippen LogP contribution in [-0.2, 0) is 11.2 Å². The molecule has 144 valence electrons. The van der Waals surface area contributed by atoms with Gasteiger partial charge in [-0.3, -0.25) is 9.78 Å². The normalized spacial score (nSPS) is 17.1. The Morgan fingerprint density at radius 1 is 1.29 bits per heavy atom. The minimum absolute atomic E-state index is 0.116. The van der Waals surface area contributed by atoms with Crippen molar-refractivity contribution in [2.75, 3.05) is 24.7 Å². The average Bonchev–Trinajstić information content (AvgIpc) is 3.34. The summed E-state index contributed by atoms with van der Waals surface area (Å²) in [6, 6.07) is 5.28. The van der Waals surface area contributed by atoms with Crippen molar-refractivity contribution in [1.82, 2.24) is 15.3 Å². The Labute approximate surface area is 165 Å². The van der Waals surface area contributed by atoms with E-state index >= 15 is 0 Å². The second kappa shape index (κ2) is 7.10. The van der Waals surface area contributed by atoms with Crippen LogP contribution in [0, 0.1) is 5.82 Å². The highest BCUT2D eigenvalue weighted by molar-refractivity contribution is 7.20. The zero-order valence-electron chi connectivity index (χ0n) is 15.2. The van der Waals surface area contributed by atoms with Crippen molar-refractivity contribution in [3.8, 4) is 0 Å². The van der Waals surface area contributed by atoms with Crippen LogP contribution in [0.15, 0.2) is 30.6 Å². The highest BCUT2D eigenvalue weighted by Crippen LogP contribution is 2.41. The third kappa shape index (κ3) is 3.02. The molecule has 0 atom stereocenters. The van der Waals surface area contributed by atoms with Crippen molar-refractivity contribution in [1.29, 1.82) is 0 Å². The quantitative estimate of drug-likeness (QED) is 0.732. The third-order valence-electron chi connectivity index (χ3n) is 5.27. The molecule has 2 aliphatic rings. The number of rotatable bonds is 3. The first-order chi connectivity index (χ1) is 13.7. The molecule has 2 aromatic heterocycles. The molecule has 6 nitrogen and oxygen atoms in total. The molecule has 1 amide bonds. The number of fused-ring (bicyclic) bond motifs is 2. The Balaban J connectivity index is 1.48. The fraction of sp³-hybridized carbons (Fsp3) is 0.350. The maximum Gasteiger partial charge on any atom is 0.280 e. The summed E-state index contributed by atoms with van der Waals surface area (Å²) in [7, 11) is 0. The van der Waals surface area contributed by atoms with E-state index in [-0.39, 0.29) is 17.8 Å². The highest BCUT2D eigenvalue weighted by Gasteiger charge is 2.27. The van der Waals surface area contributed by atoms with Crippen LogP contribution in [0.5, 0.6) is 0 Å². The van der Waals surface area contributed by atoms with Crippen molar-refractivity contribution >= 4 is 38.8 Å². The number of amides is 1. The van der Waals surface area contributed by atoms with Gasteiger partial charge in [-0.25, -0.2) is 9.37 Å². The van der Waals surface area contributed by atoms with Gasteiger partial charge in [-0.2, -0.15) is 0 Å². The molecule has 3 aromatic rings. The number of hydrogen-bond donors (Lipinski definition) is 1. The zero-order valence-corrected chi connectivity index (χ0v) is 16.0. The summed E-state index contributed by atoms with van der Waals surface area (Å²) in [4.78, 5) is 23.4. The number of carbonyl (C=O) groups is 1. The number of ether oxygens (including phenoxy) is 1. The largest absolute Gasteiger partial charge is 0.381 e. The Kier molecular flexibility index (Phi) is 4.44. The lowest BCUT2D eigenvalue weighted by Crippen LogP contribution is -2.38. The second-order valence-electron chi connectivity index (χ2n) is 7.04. The van der Waals surface area contributed by atoms with E-state index in [1.807, 2.05) is 11.0 Å². The maximum atomic E-state index is 14.5. The number of anilines is 2. The summed E-state index contributed by atoms with van der Waals surface area (Å²) < 4.78 is 20.7. The molecule has 0 radical (unpaired) electrons. The van der Waals surface area contributed by atoms with Crippen LogP contribution in [0.4, 0.5) is 15.8 Å². The first-order valence-corrected chi connectivity index (χ1v) is 10.2. The smallest absolute Gasteiger partial charge is 0.280 e. The van der Waals surface area contributed by atoms with Crippen LogP contribution < -0.4 is 10.2 Å². The molecule has 4 heterocycles. The van der Waals surface area contributed by atoms with E-state index < -0.39 is 0 Å². The average molecular weight is 398 g/mol. The number of aromatic nitrogens is 2. The predicted molar refractivity (Wildman–Crippen MR) is 106 cm³/mol. The zero-order chi connectivity index (χ0) is 19.1. The van der Waals surface area contributed by atoms with E-state index in [9.17, 15) is 9.18 Å². The summed E-state index contributed by atoms with van der Waals surface area (Å²) in [5.41, 5.74) is 3.03. The van der Waals surface area contributed by atoms with Gasteiger partial charge in [0.05, 0.1) is 28.5 Å². The number of pyridine rings is 1. The van der Waals surface area contributed by atoms with Crippen LogP contribution >= 0.6 is 11.3 Å². The van der Waals surface area contributed by atoms with E-state index in [0.717, 1.165) is 35.2 Å². The van der Waals surface area contributed by atoms with E-state index in [0.29, 0.717) is 36.0 Å². The molecule has 1 saturated heterocycles. The first-order valence-electron chi connectivity index (χ1n) is 9.39. The van der Waals surface area contributed by atoms with Gasteiger partial charge in [0.15, 0.2) is 5.01 Å². The van der Waals surface area contributed by atoms with Crippen molar-refractivity contribution in [2.45, 2.75) is 25.3 Å². The molecule has 5 rings (SSSR count). The Hall–Kier alpha value is -2.58. The Morgan fingerprint density at radius 3 is 3.00 bits per heavy atom. The SMILES string of the molecule is O=C(NC1CCOCC1)c1nc2cncc(N3CCc4cccc(F)c43)c2s1. The lowest BCUT2D eigenvalue weighted by Gasteiger charge is -2.22. The number of nitrogens with one attached hydrogen (secondary N) is 1. The van der Waals surface area contributed by atoms with Crippen molar-refractivity contribution in [3.63, 3.8) is 0 Å². The Morgan fingerprint density at radius 2 is 2.14 bits per heavy atom. The topological polar surface area (TPSA) is 67.3 Å². The molecular weight excluding hydrogens is 379 g/mol. The molecule has 0 aliphatic carbocycles. The van der Waals surface area contributed by atoms with E-state index in [1.54, 1.807) is 18.5 Å². The number of nitrogens with zero attached hydrogens (tertiary/aromatic N) is 3. The van der Waals surface area contributed by atoms with Crippen LogP contribution in [0.3, 0.4) is 0 Å². The molecule has 2 aliphatic heterocycles. The fourth-order valence-electron chi connectivity index (χ4n) is 3.87. The molecule has 0 unspecified atom stereocenters. The molecule has 0 bridgehead atoms. The van der Waals surface area contributed by atoms with Gasteiger partial charge in [-0.1, -0.05) is 12.1 Å². The molecule has 0 saturated carbocycles. The molecule has 28 heavy (non-hydrogen) atoms. The van der Waals surface area contributed by atoms with Gasteiger partial charge in [0.1, 0.15) is 11.3 Å². The molecule has 1 fully saturated rings. The van der Waals surface area contributed by atoms with E-state index in [4.69, 9.17) is 4.74 Å². The van der Waals surface area contributed by atoms with E-state index in [1.165, 1.54) is 17.4 Å². The minimum Gasteiger partial charge on any atom is -0.381 e. The maximum absolute atomic E-state index is 14.5. The van der Waals surface area contributed by atoms with Crippen molar-refractivity contribution in [3.05, 3.63) is 47.0 Å². The van der Waals surface area contributed by atoms with Gasteiger partial charge in [-0.05, 0) is 30.9 Å². The summed E-state index contributed by atoms with van der Waals surface area (Å²) in [6.45, 7) is 2.01. The second-order valence-corrected chi connectivity index (χ2v) is 8.03. The van der Waals surface area contributed by atoms with Crippen molar-refractivity contribution in [2.24, 2.45) is 0 Å². The predicted octanol–water partition coefficient (Wildman–Crippen LogP) is 3.43. The van der Waals surface area contributed by atoms with Gasteiger partial charge in [-0.15, -0.1) is 11.3 Å². The summed E-state index contributed by atoms with van der Waals surface area (Å²) in [6.07, 6.45) is 5.78. The first kappa shape index (κ1) is 17.5. The highest BCUT2D eigenvalue weighted by atomic mass is 32.1. The number of benzene rings is 1. The third-order valence-corrected chi connectivity index (χ3v) is 6.36. The Bertz CT molecular complexity index is 1050. The monoisotopic (exact) mass is 398 g/mol. The van der Waals surface area contributed by atoms with Crippen molar-refractivity contribution < 1.29 is 13.9 Å². The fourth-order valence-corrected chi connectivity index (χ4v) is 4.83. The molecule has 1 N–H and O–H groups in total. The summed E-state index contributed by atoms with van der Waals surface area (Å²) in [5, 5.41) is 3.45. The van der Waals surface area contributed by atoms with Gasteiger partial charge in [0, 0.05) is 25.8 Å². The molecule has 0 spiro atoms. The molecular formula is C20H19FN4O2S. The molecule has 1 aromatic carbocycles. The van der Waals surface area contributed by atoms with Crippen LogP contribution in [0.2, 0.25) is 0 Å². The standard InChI is InChI=1S/C20H19FN4O2S/c21-14-3-1-2-12-4-7-25(17(12)14)16-11-22-10-15-18(16)28-20(24-15)19(26)23-13-5-8-27-9-6-13/h1-3,10-11,13H,4-9H2,(H,23,26). The molecule has 8 heteroatoms. The van der Waals surface area contributed by atoms with E-state index in [2.05, 4.69) is 15.3 Å². The number of thiazole rings is 1. The minimum atomic E-state index is -0.242. The van der Waals surface area contributed by atoms with Gasteiger partial charge in [0.2, 0.25) is 0 Å². The summed E-state index contributed by atoms with van der Waals surface area (Å²) >= 11 is 1.33. The number of halogens is 1. The van der Waals surface area contributed by atoms with Crippen LogP contribution in [0.1, 0.15) is 28.2 Å².